The van der Waals surface area contributed by atoms with Crippen LogP contribution >= 0.6 is 0 Å². The van der Waals surface area contributed by atoms with Gasteiger partial charge >= 0.3 is 17.9 Å². The van der Waals surface area contributed by atoms with Gasteiger partial charge in [0.1, 0.15) is 13.2 Å². The van der Waals surface area contributed by atoms with E-state index in [9.17, 15) is 14.4 Å². The van der Waals surface area contributed by atoms with Crippen LogP contribution in [0.2, 0.25) is 0 Å². The molecule has 0 aromatic heterocycles. The number of ether oxygens (including phenoxy) is 3. The number of hydrogen-bond donors (Lipinski definition) is 0. The fourth-order valence-corrected chi connectivity index (χ4v) is 8.27. The summed E-state index contributed by atoms with van der Waals surface area (Å²) < 4.78 is 16.8. The van der Waals surface area contributed by atoms with Crippen molar-refractivity contribution in [2.45, 2.75) is 271 Å². The third-order valence-electron chi connectivity index (χ3n) is 13.0. The zero-order valence-corrected chi connectivity index (χ0v) is 50.8. The standard InChI is InChI=1S/C73H116O6/c1-4-7-10-13-16-19-22-25-28-30-32-34-35-36-37-39-40-42-45-48-51-54-57-60-63-66-72(75)78-69-70(68-77-71(74)65-62-59-56-53-50-47-44-27-24-21-18-15-12-9-6-3)79-73(76)67-64-61-58-55-52-49-46-43-41-38-33-31-29-26-23-20-17-14-11-8-5-2/h8-9,11-12,17-18,20-22,25-27,29-30,32-33,35-36,38,43-44,46,50,52-53,55,70H,4-7,10,13-16,19,23-24,28,31,34,37,39-42,45,47-49,51,54,56-69H2,1-3H3/b11-8-,12-9-,20-17-,21-18-,25-22-,29-26-,32-30-,36-35-,38-33-,44-27-,46-43-,53-50-,55-52-. The first kappa shape index (κ1) is 74.0. The third kappa shape index (κ3) is 63.7. The van der Waals surface area contributed by atoms with E-state index < -0.39 is 6.10 Å². The number of rotatable bonds is 56. The quantitative estimate of drug-likeness (QED) is 0.0261. The Morgan fingerprint density at radius 3 is 0.797 bits per heavy atom. The minimum absolute atomic E-state index is 0.118. The molecule has 0 rings (SSSR count). The highest BCUT2D eigenvalue weighted by Gasteiger charge is 2.19. The highest BCUT2D eigenvalue weighted by atomic mass is 16.6. The SMILES string of the molecule is CC/C=C\C/C=C\C/C=C\C/C=C\C/C=C\C/C=C\CCCCC(=O)OC(COC(=O)CCCC/C=C\C/C=C\C/C=C\C/C=C\CC)COC(=O)CCCCCCCCCCCC/C=C\C/C=C\C/C=C\CCCCCCC. The molecule has 0 aromatic rings. The molecule has 0 fully saturated rings. The van der Waals surface area contributed by atoms with Gasteiger partial charge in [0.05, 0.1) is 0 Å². The van der Waals surface area contributed by atoms with E-state index in [1.54, 1.807) is 0 Å². The summed E-state index contributed by atoms with van der Waals surface area (Å²) in [4.78, 5) is 38.3. The average molecular weight is 1090 g/mol. The molecule has 0 aliphatic rings. The molecule has 6 heteroatoms. The van der Waals surface area contributed by atoms with Gasteiger partial charge in [-0.3, -0.25) is 14.4 Å². The van der Waals surface area contributed by atoms with Crippen molar-refractivity contribution in [1.82, 2.24) is 0 Å². The summed E-state index contributed by atoms with van der Waals surface area (Å²) in [7, 11) is 0. The van der Waals surface area contributed by atoms with Crippen LogP contribution in [0.15, 0.2) is 158 Å². The van der Waals surface area contributed by atoms with E-state index >= 15 is 0 Å². The molecule has 0 aromatic carbocycles. The number of carbonyl (C=O) groups excluding carboxylic acids is 3. The fraction of sp³-hybridized carbons (Fsp3) is 0.603. The highest BCUT2D eigenvalue weighted by molar-refractivity contribution is 5.71. The monoisotopic (exact) mass is 1090 g/mol. The normalized spacial score (nSPS) is 13.2. The summed E-state index contributed by atoms with van der Waals surface area (Å²) in [6, 6.07) is 0. The summed E-state index contributed by atoms with van der Waals surface area (Å²) in [6.07, 6.45) is 95.4. The van der Waals surface area contributed by atoms with E-state index in [1.165, 1.54) is 89.9 Å². The second-order valence-electron chi connectivity index (χ2n) is 20.5. The molecule has 0 saturated heterocycles. The van der Waals surface area contributed by atoms with E-state index in [4.69, 9.17) is 14.2 Å². The molecule has 0 saturated carbocycles. The Morgan fingerprint density at radius 2 is 0.494 bits per heavy atom. The van der Waals surface area contributed by atoms with Crippen molar-refractivity contribution >= 4 is 17.9 Å². The Bertz CT molecular complexity index is 1780. The van der Waals surface area contributed by atoms with Crippen LogP contribution in [0.25, 0.3) is 0 Å². The number of carbonyl (C=O) groups is 3. The van der Waals surface area contributed by atoms with Gasteiger partial charge in [-0.05, 0) is 148 Å². The lowest BCUT2D eigenvalue weighted by Gasteiger charge is -2.18. The smallest absolute Gasteiger partial charge is 0.306 e. The number of unbranched alkanes of at least 4 members (excludes halogenated alkanes) is 19. The molecule has 0 heterocycles. The topological polar surface area (TPSA) is 78.9 Å². The van der Waals surface area contributed by atoms with E-state index in [2.05, 4.69) is 179 Å². The molecule has 0 spiro atoms. The Balaban J connectivity index is 4.50. The summed E-state index contributed by atoms with van der Waals surface area (Å²) >= 11 is 0. The van der Waals surface area contributed by atoms with Crippen LogP contribution in [0.5, 0.6) is 0 Å². The molecule has 0 radical (unpaired) electrons. The van der Waals surface area contributed by atoms with Crippen LogP contribution < -0.4 is 0 Å². The first-order chi connectivity index (χ1) is 39.0. The van der Waals surface area contributed by atoms with Crippen LogP contribution in [0, 0.1) is 0 Å². The van der Waals surface area contributed by atoms with E-state index in [-0.39, 0.29) is 44.0 Å². The zero-order valence-electron chi connectivity index (χ0n) is 50.8. The maximum Gasteiger partial charge on any atom is 0.306 e. The molecule has 0 N–H and O–H groups in total. The average Bonchev–Trinajstić information content (AvgIpc) is 3.45. The van der Waals surface area contributed by atoms with Crippen molar-refractivity contribution in [1.29, 1.82) is 0 Å². The molecule has 0 aliphatic carbocycles. The van der Waals surface area contributed by atoms with Gasteiger partial charge in [-0.2, -0.15) is 0 Å². The van der Waals surface area contributed by atoms with Crippen LogP contribution in [-0.4, -0.2) is 37.2 Å². The van der Waals surface area contributed by atoms with Gasteiger partial charge in [-0.25, -0.2) is 0 Å². The third-order valence-corrected chi connectivity index (χ3v) is 13.0. The minimum atomic E-state index is -0.830. The van der Waals surface area contributed by atoms with Crippen molar-refractivity contribution in [2.24, 2.45) is 0 Å². The largest absolute Gasteiger partial charge is 0.462 e. The van der Waals surface area contributed by atoms with Gasteiger partial charge in [-0.15, -0.1) is 0 Å². The second-order valence-corrected chi connectivity index (χ2v) is 20.5. The molecular formula is C73H116O6. The lowest BCUT2D eigenvalue weighted by Crippen LogP contribution is -2.30. The molecule has 1 unspecified atom stereocenters. The van der Waals surface area contributed by atoms with Crippen molar-refractivity contribution in [3.05, 3.63) is 158 Å². The molecular weight excluding hydrogens is 973 g/mol. The van der Waals surface area contributed by atoms with Gasteiger partial charge in [0.15, 0.2) is 6.10 Å². The van der Waals surface area contributed by atoms with Gasteiger partial charge in [0, 0.05) is 19.3 Å². The molecule has 6 nitrogen and oxygen atoms in total. The fourth-order valence-electron chi connectivity index (χ4n) is 8.27. The molecule has 1 atom stereocenters. The maximum atomic E-state index is 12.9. The lowest BCUT2D eigenvalue weighted by atomic mass is 10.1. The predicted molar refractivity (Wildman–Crippen MR) is 343 cm³/mol. The molecule has 79 heavy (non-hydrogen) atoms. The van der Waals surface area contributed by atoms with Crippen LogP contribution in [-0.2, 0) is 28.6 Å². The molecule has 444 valence electrons. The molecule has 0 aliphatic heterocycles. The predicted octanol–water partition coefficient (Wildman–Crippen LogP) is 22.1. The van der Waals surface area contributed by atoms with Crippen molar-refractivity contribution in [3.63, 3.8) is 0 Å². The van der Waals surface area contributed by atoms with Crippen LogP contribution in [0.4, 0.5) is 0 Å². The Morgan fingerprint density at radius 1 is 0.266 bits per heavy atom. The number of hydrogen-bond acceptors (Lipinski definition) is 6. The summed E-state index contributed by atoms with van der Waals surface area (Å²) in [5.74, 6) is -1.01. The van der Waals surface area contributed by atoms with E-state index in [0.717, 1.165) is 122 Å². The Hall–Kier alpha value is -4.97. The van der Waals surface area contributed by atoms with Crippen molar-refractivity contribution < 1.29 is 28.6 Å². The second kappa shape index (κ2) is 65.5. The first-order valence-electron chi connectivity index (χ1n) is 32.0. The summed E-state index contributed by atoms with van der Waals surface area (Å²) in [5.41, 5.74) is 0. The zero-order chi connectivity index (χ0) is 57.1. The van der Waals surface area contributed by atoms with Gasteiger partial charge in [0.25, 0.3) is 0 Å². The van der Waals surface area contributed by atoms with E-state index in [1.807, 2.05) is 0 Å². The molecule has 0 bridgehead atoms. The van der Waals surface area contributed by atoms with Crippen LogP contribution in [0.1, 0.15) is 265 Å². The number of esters is 3. The Kier molecular flexibility index (Phi) is 61.4. The van der Waals surface area contributed by atoms with Crippen molar-refractivity contribution in [3.8, 4) is 0 Å². The number of allylic oxidation sites excluding steroid dienone is 26. The van der Waals surface area contributed by atoms with Gasteiger partial charge < -0.3 is 14.2 Å². The maximum absolute atomic E-state index is 12.9. The van der Waals surface area contributed by atoms with Crippen LogP contribution in [0.3, 0.4) is 0 Å². The van der Waals surface area contributed by atoms with Crippen molar-refractivity contribution in [2.75, 3.05) is 13.2 Å². The van der Waals surface area contributed by atoms with Gasteiger partial charge in [-0.1, -0.05) is 256 Å². The van der Waals surface area contributed by atoms with E-state index in [0.29, 0.717) is 19.3 Å². The van der Waals surface area contributed by atoms with Gasteiger partial charge in [0.2, 0.25) is 0 Å². The summed E-state index contributed by atoms with van der Waals surface area (Å²) in [6.45, 7) is 6.32. The molecule has 0 amide bonds. The minimum Gasteiger partial charge on any atom is -0.462 e. The first-order valence-corrected chi connectivity index (χ1v) is 32.0. The lowest BCUT2D eigenvalue weighted by molar-refractivity contribution is -0.167. The summed E-state index contributed by atoms with van der Waals surface area (Å²) in [5, 5.41) is 0. The Labute approximate surface area is 486 Å². The highest BCUT2D eigenvalue weighted by Crippen LogP contribution is 2.14.